The van der Waals surface area contributed by atoms with Crippen LogP contribution in [0.1, 0.15) is 25.0 Å². The molecule has 0 saturated carbocycles. The second-order valence-corrected chi connectivity index (χ2v) is 39.9. The second kappa shape index (κ2) is 40.4. The molecule has 1 aliphatic rings. The van der Waals surface area contributed by atoms with Crippen molar-refractivity contribution in [2.24, 2.45) is 0 Å². The molecule has 4 heteroatoms. The van der Waals surface area contributed by atoms with Crippen LogP contribution in [-0.4, -0.2) is 0 Å². The van der Waals surface area contributed by atoms with Crippen molar-refractivity contribution in [2.45, 2.75) is 19.3 Å². The fourth-order valence-electron chi connectivity index (χ4n) is 22.5. The van der Waals surface area contributed by atoms with Gasteiger partial charge >= 0.3 is 0 Å². The summed E-state index contributed by atoms with van der Waals surface area (Å²) in [6.07, 6.45) is 0. The molecular weight excluding hydrogens is 1820 g/mol. The third kappa shape index (κ3) is 17.7. The van der Waals surface area contributed by atoms with Gasteiger partial charge in [-0.05, 0) is 292 Å². The minimum absolute atomic E-state index is 0.119. The zero-order chi connectivity index (χ0) is 99.5. The number of nitrogens with zero attached hydrogens (tertiary/aromatic N) is 3. The molecule has 3 nitrogen and oxygen atoms in total. The van der Waals surface area contributed by atoms with Crippen molar-refractivity contribution >= 4 is 126 Å². The zero-order valence-corrected chi connectivity index (χ0v) is 83.6. The number of hydrogen-bond donors (Lipinski definition) is 0. The van der Waals surface area contributed by atoms with E-state index >= 15 is 0 Å². The molecule has 0 atom stereocenters. The van der Waals surface area contributed by atoms with Crippen molar-refractivity contribution in [3.8, 4) is 122 Å². The first-order valence-corrected chi connectivity index (χ1v) is 52.1. The summed E-state index contributed by atoms with van der Waals surface area (Å²) in [5, 5.41) is 13.7. The van der Waals surface area contributed by atoms with E-state index in [0.29, 0.717) is 0 Å². The first kappa shape index (κ1) is 91.4. The average Bonchev–Trinajstić information content (AvgIpc) is 1.68. The van der Waals surface area contributed by atoms with Crippen LogP contribution >= 0.6 is 11.3 Å². The van der Waals surface area contributed by atoms with E-state index in [1.807, 2.05) is 11.3 Å². The maximum absolute atomic E-state index is 2.48. The van der Waals surface area contributed by atoms with Crippen molar-refractivity contribution in [1.82, 2.24) is 0 Å². The number of hydrogen-bond acceptors (Lipinski definition) is 4. The topological polar surface area (TPSA) is 9.72 Å². The van der Waals surface area contributed by atoms with Gasteiger partial charge in [0.25, 0.3) is 0 Å². The summed E-state index contributed by atoms with van der Waals surface area (Å²) in [6, 6.07) is 214. The first-order valence-electron chi connectivity index (χ1n) is 51.3. The highest BCUT2D eigenvalue weighted by atomic mass is 32.1. The number of rotatable bonds is 19. The van der Waals surface area contributed by atoms with E-state index in [0.717, 1.165) is 51.2 Å². The second-order valence-electron chi connectivity index (χ2n) is 38.8. The largest absolute Gasteiger partial charge is 0.310 e. The van der Waals surface area contributed by atoms with Crippen molar-refractivity contribution in [1.29, 1.82) is 0 Å². The minimum Gasteiger partial charge on any atom is -0.310 e. The van der Waals surface area contributed by atoms with E-state index in [2.05, 4.69) is 617 Å². The van der Waals surface area contributed by atoms with Crippen molar-refractivity contribution in [3.63, 3.8) is 0 Å². The maximum Gasteiger partial charge on any atom is 0.0552 e. The molecule has 0 bridgehead atoms. The van der Waals surface area contributed by atoms with Gasteiger partial charge in [0.1, 0.15) is 0 Å². The molecule has 1 aliphatic carbocycles. The van der Waals surface area contributed by atoms with Gasteiger partial charge in [0, 0.05) is 65.8 Å². The Kier molecular flexibility index (Phi) is 24.8. The maximum atomic E-state index is 2.48. The molecule has 1 heterocycles. The highest BCUT2D eigenvalue weighted by molar-refractivity contribution is 7.22. The summed E-state index contributed by atoms with van der Waals surface area (Å²) in [5.74, 6) is 0. The SMILES string of the molecule is CC1(C)c2ccccc2-c2ccc(N(c3ccc(-c4ccccc4)cc3)c3cc(-c4ccccc4)c4ccccc4c3-c3ccccc3)cc21.c1ccc(-c2cc(N(c3ccccc3)c3ccccc3)c(-c3ccccc3)c3ccc(-c4cc5ccccc5c5ccccc45)cc23)cc1.c1ccc(-c2ccc(N(c3ccccc3)c3cc(-c4ccccc4)c4cc(-c5cc6ccccc6s5)ccc4c3-c3ccccc3)cc2)cc1. The highest BCUT2D eigenvalue weighted by Gasteiger charge is 2.37. The van der Waals surface area contributed by atoms with Gasteiger partial charge in [0.05, 0.1) is 17.1 Å². The molecule has 0 fully saturated rings. The molecule has 1 aromatic heterocycles. The molecule has 0 unspecified atom stereocenters. The molecule has 149 heavy (non-hydrogen) atoms. The summed E-state index contributed by atoms with van der Waals surface area (Å²) in [7, 11) is 0. The third-order valence-electron chi connectivity index (χ3n) is 29.5. The Bertz CT molecular complexity index is 9270. The van der Waals surface area contributed by atoms with Crippen LogP contribution in [0.2, 0.25) is 0 Å². The fraction of sp³-hybridized carbons (Fsp3) is 0.0207. The van der Waals surface area contributed by atoms with Crippen molar-refractivity contribution in [2.75, 3.05) is 14.7 Å². The lowest BCUT2D eigenvalue weighted by molar-refractivity contribution is 0.660. The molecule has 0 amide bonds. The molecule has 27 rings (SSSR count). The van der Waals surface area contributed by atoms with E-state index in [9.17, 15) is 0 Å². The van der Waals surface area contributed by atoms with Crippen LogP contribution in [0.5, 0.6) is 0 Å². The number of fused-ring (bicyclic) bond motifs is 10. The molecule has 26 aromatic rings. The van der Waals surface area contributed by atoms with Crippen molar-refractivity contribution < 1.29 is 0 Å². The fourth-order valence-corrected chi connectivity index (χ4v) is 23.5. The lowest BCUT2D eigenvalue weighted by Crippen LogP contribution is -2.17. The van der Waals surface area contributed by atoms with Gasteiger partial charge in [-0.25, -0.2) is 0 Å². The van der Waals surface area contributed by atoms with Gasteiger partial charge in [-0.15, -0.1) is 11.3 Å². The van der Waals surface area contributed by atoms with Crippen LogP contribution in [0, 0.1) is 0 Å². The zero-order valence-electron chi connectivity index (χ0n) is 82.8. The van der Waals surface area contributed by atoms with Gasteiger partial charge in [0.15, 0.2) is 0 Å². The number of thiophene rings is 1. The first-order chi connectivity index (χ1) is 73.7. The van der Waals surface area contributed by atoms with Crippen LogP contribution in [-0.2, 0) is 5.41 Å². The molecule has 0 aliphatic heterocycles. The third-order valence-corrected chi connectivity index (χ3v) is 30.7. The Morgan fingerprint density at radius 2 is 0.443 bits per heavy atom. The van der Waals surface area contributed by atoms with E-state index < -0.39 is 0 Å². The number of para-hydroxylation sites is 3. The van der Waals surface area contributed by atoms with E-state index in [1.54, 1.807) is 0 Å². The smallest absolute Gasteiger partial charge is 0.0552 e. The van der Waals surface area contributed by atoms with E-state index in [4.69, 9.17) is 0 Å². The Balaban J connectivity index is 0.000000116. The molecule has 0 radical (unpaired) electrons. The predicted octanol–water partition coefficient (Wildman–Crippen LogP) is 41.4. The summed E-state index contributed by atoms with van der Waals surface area (Å²) in [6.45, 7) is 4.72. The van der Waals surface area contributed by atoms with Crippen LogP contribution < -0.4 is 14.7 Å². The molecule has 0 spiro atoms. The lowest BCUT2D eigenvalue weighted by atomic mass is 9.82. The Hall–Kier alpha value is -18.8. The van der Waals surface area contributed by atoms with E-state index in [1.165, 1.54) is 197 Å². The van der Waals surface area contributed by atoms with Crippen LogP contribution in [0.15, 0.2) is 588 Å². The van der Waals surface area contributed by atoms with Crippen LogP contribution in [0.25, 0.3) is 186 Å². The van der Waals surface area contributed by atoms with Crippen LogP contribution in [0.3, 0.4) is 0 Å². The van der Waals surface area contributed by atoms with Gasteiger partial charge < -0.3 is 14.7 Å². The van der Waals surface area contributed by atoms with Gasteiger partial charge in [-0.2, -0.15) is 0 Å². The van der Waals surface area contributed by atoms with Gasteiger partial charge in [0.2, 0.25) is 0 Å². The quantitative estimate of drug-likeness (QED) is 0.0747. The average molecular weight is 1920 g/mol. The normalized spacial score (nSPS) is 11.7. The highest BCUT2D eigenvalue weighted by Crippen LogP contribution is 2.57. The van der Waals surface area contributed by atoms with Crippen molar-refractivity contribution in [3.05, 3.63) is 600 Å². The Morgan fingerprint density at radius 3 is 0.886 bits per heavy atom. The standard InChI is InChI=1S/C49H37N.C48H33NS.C48H33N/c1-49(2)45-25-15-14-23-41(45)42-31-30-39(32-46(42)49)50(38-28-26-35(27-29-38)34-16-6-3-7-17-34)47-33-44(36-18-8-4-9-19-36)40-22-12-13-24-43(40)48(47)37-20-10-5-11-21-37;1-5-15-34(16-6-1)35-25-28-41(29-26-35)49(40-22-11-4-12-23-40)45-33-43(36-17-7-2-8-18-36)44-31-39(47-32-38-21-13-14-24-46(38)50-47)27-30-42(44)48(45)37-19-9-3-10-20-37;1-5-17-34(18-6-1)45-33-47(49(38-22-9-3-10-23-38)39-24-11-4-12-25-39)48(35-19-7-2-8-20-35)43-30-29-37(32-46(43)45)44-31-36-21-13-14-26-40(36)41-27-15-16-28-42(41)44/h3-33H,1-2H3;1-33H;1-33H. The lowest BCUT2D eigenvalue weighted by Gasteiger charge is -2.31. The van der Waals surface area contributed by atoms with Crippen LogP contribution in [0.4, 0.5) is 51.2 Å². The molecule has 0 N–H and O–H groups in total. The molecular formula is C145H103N3S. The van der Waals surface area contributed by atoms with Gasteiger partial charge in [-0.1, -0.05) is 481 Å². The van der Waals surface area contributed by atoms with E-state index in [-0.39, 0.29) is 5.41 Å². The predicted molar refractivity (Wildman–Crippen MR) is 638 cm³/mol. The molecule has 0 saturated heterocycles. The summed E-state index contributed by atoms with van der Waals surface area (Å²) in [4.78, 5) is 8.58. The summed E-state index contributed by atoms with van der Waals surface area (Å²) < 4.78 is 1.31. The summed E-state index contributed by atoms with van der Waals surface area (Å²) in [5.41, 5.74) is 38.3. The Morgan fingerprint density at radius 1 is 0.154 bits per heavy atom. The monoisotopic (exact) mass is 1920 g/mol. The molecule has 25 aromatic carbocycles. The Labute approximate surface area is 875 Å². The minimum atomic E-state index is -0.119. The molecule has 704 valence electrons. The number of benzene rings is 25. The number of anilines is 9. The summed E-state index contributed by atoms with van der Waals surface area (Å²) >= 11 is 1.86. The van der Waals surface area contributed by atoms with Gasteiger partial charge in [-0.3, -0.25) is 0 Å².